The van der Waals surface area contributed by atoms with Crippen molar-refractivity contribution in [1.82, 2.24) is 0 Å². The fourth-order valence-electron chi connectivity index (χ4n) is 7.46. The van der Waals surface area contributed by atoms with Gasteiger partial charge in [-0.05, 0) is 92.5 Å². The van der Waals surface area contributed by atoms with E-state index in [9.17, 15) is 0 Å². The molecule has 1 aliphatic carbocycles. The molecule has 0 amide bonds. The van der Waals surface area contributed by atoms with Gasteiger partial charge in [0.25, 0.3) is 0 Å². The van der Waals surface area contributed by atoms with Gasteiger partial charge in [-0.15, -0.1) is 11.3 Å². The van der Waals surface area contributed by atoms with E-state index in [0.717, 1.165) is 11.4 Å². The number of anilines is 2. The van der Waals surface area contributed by atoms with Gasteiger partial charge in [0, 0.05) is 42.5 Å². The summed E-state index contributed by atoms with van der Waals surface area (Å²) in [6.07, 6.45) is 0. The van der Waals surface area contributed by atoms with E-state index >= 15 is 0 Å². The molecule has 2 heteroatoms. The monoisotopic (exact) mass is 619 g/mol. The Kier molecular flexibility index (Phi) is 6.41. The highest BCUT2D eigenvalue weighted by atomic mass is 32.1. The van der Waals surface area contributed by atoms with Crippen LogP contribution in [0.3, 0.4) is 0 Å². The molecule has 7 aromatic carbocycles. The molecular weight excluding hydrogens is 587 g/mol. The lowest BCUT2D eigenvalue weighted by Gasteiger charge is -2.23. The normalized spacial score (nSPS) is 13.1. The Morgan fingerprint density at radius 1 is 0.447 bits per heavy atom. The van der Waals surface area contributed by atoms with Crippen LogP contribution >= 0.6 is 11.3 Å². The lowest BCUT2D eigenvalue weighted by molar-refractivity contribution is 0.661. The number of rotatable bonds is 5. The minimum atomic E-state index is -0.144. The minimum Gasteiger partial charge on any atom is -0.355 e. The number of benzene rings is 7. The summed E-state index contributed by atoms with van der Waals surface area (Å²) in [4.78, 5) is 0. The Labute approximate surface area is 279 Å². The summed E-state index contributed by atoms with van der Waals surface area (Å²) in [5.74, 6) is 0. The van der Waals surface area contributed by atoms with Gasteiger partial charge in [-0.1, -0.05) is 129 Å². The number of nitrogens with one attached hydrogen (secondary N) is 1. The third-order valence-corrected chi connectivity index (χ3v) is 11.0. The minimum absolute atomic E-state index is 0.144. The average Bonchev–Trinajstić information content (AvgIpc) is 3.60. The molecule has 0 aliphatic heterocycles. The molecule has 8 aromatic rings. The predicted octanol–water partition coefficient (Wildman–Crippen LogP) is 13.1. The molecule has 1 nitrogen and oxygen atoms in total. The van der Waals surface area contributed by atoms with E-state index in [0.29, 0.717) is 0 Å². The molecule has 224 valence electrons. The zero-order valence-electron chi connectivity index (χ0n) is 26.4. The van der Waals surface area contributed by atoms with Crippen LogP contribution in [0.15, 0.2) is 158 Å². The SMILES string of the molecule is CC1(C)c2cc(Nc3ccc(-c4ccccc4)cc3)c(-c3ccc4sc5ccccc5c4c3)cc2-c2c(-c3ccccc3)cccc21. The summed E-state index contributed by atoms with van der Waals surface area (Å²) >= 11 is 1.87. The van der Waals surface area contributed by atoms with Crippen molar-refractivity contribution < 1.29 is 0 Å². The zero-order chi connectivity index (χ0) is 31.5. The van der Waals surface area contributed by atoms with Crippen molar-refractivity contribution in [2.24, 2.45) is 0 Å². The van der Waals surface area contributed by atoms with Gasteiger partial charge in [-0.3, -0.25) is 0 Å². The lowest BCUT2D eigenvalue weighted by Crippen LogP contribution is -2.15. The highest BCUT2D eigenvalue weighted by molar-refractivity contribution is 7.25. The van der Waals surface area contributed by atoms with E-state index in [4.69, 9.17) is 0 Å². The number of hydrogen-bond acceptors (Lipinski definition) is 2. The summed E-state index contributed by atoms with van der Waals surface area (Å²) in [6.45, 7) is 4.74. The molecule has 47 heavy (non-hydrogen) atoms. The van der Waals surface area contributed by atoms with E-state index in [1.807, 2.05) is 11.3 Å². The summed E-state index contributed by atoms with van der Waals surface area (Å²) in [5.41, 5.74) is 14.9. The summed E-state index contributed by atoms with van der Waals surface area (Å²) < 4.78 is 2.65. The third-order valence-electron chi connectivity index (χ3n) is 9.88. The first-order chi connectivity index (χ1) is 23.0. The second-order valence-electron chi connectivity index (χ2n) is 13.0. The van der Waals surface area contributed by atoms with Crippen LogP contribution in [0.4, 0.5) is 11.4 Å². The second-order valence-corrected chi connectivity index (χ2v) is 14.1. The van der Waals surface area contributed by atoms with Gasteiger partial charge >= 0.3 is 0 Å². The lowest BCUT2D eigenvalue weighted by atomic mass is 9.81. The Morgan fingerprint density at radius 2 is 1.11 bits per heavy atom. The van der Waals surface area contributed by atoms with Crippen molar-refractivity contribution in [2.75, 3.05) is 5.32 Å². The van der Waals surface area contributed by atoms with Gasteiger partial charge in [0.1, 0.15) is 0 Å². The van der Waals surface area contributed by atoms with Gasteiger partial charge in [0.15, 0.2) is 0 Å². The van der Waals surface area contributed by atoms with Gasteiger partial charge in [0.2, 0.25) is 0 Å². The highest BCUT2D eigenvalue weighted by Gasteiger charge is 2.38. The van der Waals surface area contributed by atoms with Crippen molar-refractivity contribution >= 4 is 42.9 Å². The van der Waals surface area contributed by atoms with Crippen molar-refractivity contribution in [3.8, 4) is 44.5 Å². The fraction of sp³-hybridized carbons (Fsp3) is 0.0667. The van der Waals surface area contributed by atoms with Crippen molar-refractivity contribution in [3.05, 3.63) is 169 Å². The van der Waals surface area contributed by atoms with E-state index in [1.165, 1.54) is 75.8 Å². The molecule has 0 bridgehead atoms. The van der Waals surface area contributed by atoms with Gasteiger partial charge in [-0.25, -0.2) is 0 Å². The molecule has 0 spiro atoms. The summed E-state index contributed by atoms with van der Waals surface area (Å²) in [7, 11) is 0. The molecule has 0 unspecified atom stereocenters. The standard InChI is InChI=1S/C45H33NS/c1-45(2)39-18-11-17-34(31-14-7-4-8-15-31)44(39)38-27-36(32-22-25-43-37(26-32)35-16-9-10-19-42(35)47-43)41(28-40(38)45)46-33-23-20-30(21-24-33)29-12-5-3-6-13-29/h3-28,46H,1-2H3. The second kappa shape index (κ2) is 10.8. The highest BCUT2D eigenvalue weighted by Crippen LogP contribution is 2.54. The van der Waals surface area contributed by atoms with Crippen molar-refractivity contribution in [3.63, 3.8) is 0 Å². The van der Waals surface area contributed by atoms with E-state index < -0.39 is 0 Å². The van der Waals surface area contributed by atoms with E-state index in [-0.39, 0.29) is 5.41 Å². The van der Waals surface area contributed by atoms with Crippen LogP contribution in [0.1, 0.15) is 25.0 Å². The molecule has 9 rings (SSSR count). The Morgan fingerprint density at radius 3 is 1.89 bits per heavy atom. The van der Waals surface area contributed by atoms with Gasteiger partial charge in [-0.2, -0.15) is 0 Å². The number of fused-ring (bicyclic) bond motifs is 6. The molecule has 0 saturated carbocycles. The molecule has 0 radical (unpaired) electrons. The number of thiophene rings is 1. The van der Waals surface area contributed by atoms with Crippen LogP contribution < -0.4 is 5.32 Å². The summed E-state index contributed by atoms with van der Waals surface area (Å²) in [6, 6.07) is 57.6. The van der Waals surface area contributed by atoms with Crippen LogP contribution in [0.25, 0.3) is 64.7 Å². The zero-order valence-corrected chi connectivity index (χ0v) is 27.2. The summed E-state index contributed by atoms with van der Waals surface area (Å²) in [5, 5.41) is 6.50. The average molecular weight is 620 g/mol. The van der Waals surface area contributed by atoms with E-state index in [1.54, 1.807) is 0 Å². The molecule has 1 aliphatic rings. The predicted molar refractivity (Wildman–Crippen MR) is 203 cm³/mol. The fourth-order valence-corrected chi connectivity index (χ4v) is 8.54. The van der Waals surface area contributed by atoms with E-state index in [2.05, 4.69) is 177 Å². The first kappa shape index (κ1) is 27.8. The Bertz CT molecular complexity index is 2430. The first-order valence-electron chi connectivity index (χ1n) is 16.3. The maximum atomic E-state index is 3.87. The maximum Gasteiger partial charge on any atom is 0.0467 e. The molecule has 1 aromatic heterocycles. The van der Waals surface area contributed by atoms with Crippen molar-refractivity contribution in [2.45, 2.75) is 19.3 Å². The third kappa shape index (κ3) is 4.60. The van der Waals surface area contributed by atoms with Gasteiger partial charge in [0.05, 0.1) is 0 Å². The molecule has 0 saturated heterocycles. The topological polar surface area (TPSA) is 12.0 Å². The van der Waals surface area contributed by atoms with Gasteiger partial charge < -0.3 is 5.32 Å². The molecule has 1 heterocycles. The molecular formula is C45H33NS. The van der Waals surface area contributed by atoms with Crippen LogP contribution in [0.5, 0.6) is 0 Å². The Hall–Kier alpha value is -5.44. The quantitative estimate of drug-likeness (QED) is 0.202. The molecule has 0 fully saturated rings. The molecule has 1 N–H and O–H groups in total. The largest absolute Gasteiger partial charge is 0.355 e. The van der Waals surface area contributed by atoms with Crippen LogP contribution in [-0.2, 0) is 5.41 Å². The van der Waals surface area contributed by atoms with Crippen LogP contribution in [0.2, 0.25) is 0 Å². The Balaban J connectivity index is 1.25. The maximum absolute atomic E-state index is 3.87. The number of hydrogen-bond donors (Lipinski definition) is 1. The first-order valence-corrected chi connectivity index (χ1v) is 17.1. The van der Waals surface area contributed by atoms with Crippen LogP contribution in [-0.4, -0.2) is 0 Å². The smallest absolute Gasteiger partial charge is 0.0467 e. The molecule has 0 atom stereocenters. The van der Waals surface area contributed by atoms with Crippen molar-refractivity contribution in [1.29, 1.82) is 0 Å². The van der Waals surface area contributed by atoms with Crippen LogP contribution in [0, 0.1) is 0 Å².